The van der Waals surface area contributed by atoms with Gasteiger partial charge in [0.2, 0.25) is 21.8 Å². The zero-order valence-electron chi connectivity index (χ0n) is 19.5. The number of nitrogens with two attached hydrogens (primary N) is 1. The van der Waals surface area contributed by atoms with Gasteiger partial charge in [-0.25, -0.2) is 13.4 Å². The van der Waals surface area contributed by atoms with Gasteiger partial charge in [0.25, 0.3) is 0 Å². The fraction of sp³-hybridized carbons (Fsp3) is 0.320. The van der Waals surface area contributed by atoms with Crippen LogP contribution in [0.2, 0.25) is 0 Å². The Bertz CT molecular complexity index is 1330. The number of carbonyl (C=O) groups is 2. The largest absolute Gasteiger partial charge is 0.383 e. The molecule has 0 aliphatic carbocycles. The van der Waals surface area contributed by atoms with E-state index in [4.69, 9.17) is 5.73 Å². The molecular formula is C25H29N5O4S. The number of nitrogen functional groups attached to an aromatic ring is 1. The molecule has 0 spiro atoms. The van der Waals surface area contributed by atoms with Crippen LogP contribution in [-0.2, 0) is 26.2 Å². The Labute approximate surface area is 204 Å². The van der Waals surface area contributed by atoms with Crippen molar-refractivity contribution in [3.63, 3.8) is 0 Å². The summed E-state index contributed by atoms with van der Waals surface area (Å²) >= 11 is 0. The molecule has 0 saturated carbocycles. The van der Waals surface area contributed by atoms with Crippen molar-refractivity contribution in [1.29, 1.82) is 0 Å². The quantitative estimate of drug-likeness (QED) is 0.438. The monoisotopic (exact) mass is 495 g/mol. The summed E-state index contributed by atoms with van der Waals surface area (Å²) in [4.78, 5) is 32.2. The number of hydrogen-bond acceptors (Lipinski definition) is 6. The molecule has 1 aromatic heterocycles. The van der Waals surface area contributed by atoms with Gasteiger partial charge in [0.05, 0.1) is 5.75 Å². The van der Waals surface area contributed by atoms with Crippen LogP contribution in [0.1, 0.15) is 36.9 Å². The van der Waals surface area contributed by atoms with Gasteiger partial charge in [-0.2, -0.15) is 4.72 Å². The van der Waals surface area contributed by atoms with Gasteiger partial charge >= 0.3 is 0 Å². The molecule has 184 valence electrons. The first-order chi connectivity index (χ1) is 16.8. The van der Waals surface area contributed by atoms with Crippen molar-refractivity contribution in [2.45, 2.75) is 38.4 Å². The van der Waals surface area contributed by atoms with E-state index >= 15 is 0 Å². The molecule has 4 N–H and O–H groups in total. The van der Waals surface area contributed by atoms with E-state index in [1.807, 2.05) is 24.3 Å². The van der Waals surface area contributed by atoms with Gasteiger partial charge in [-0.15, -0.1) is 0 Å². The Kier molecular flexibility index (Phi) is 7.32. The summed E-state index contributed by atoms with van der Waals surface area (Å²) in [7, 11) is -3.66. The fourth-order valence-corrected chi connectivity index (χ4v) is 5.07. The summed E-state index contributed by atoms with van der Waals surface area (Å²) in [6.07, 6.45) is 2.81. The number of fused-ring (bicyclic) bond motifs is 1. The minimum atomic E-state index is -3.66. The van der Waals surface area contributed by atoms with Crippen molar-refractivity contribution in [2.75, 3.05) is 18.0 Å². The van der Waals surface area contributed by atoms with Crippen LogP contribution >= 0.6 is 0 Å². The van der Waals surface area contributed by atoms with Gasteiger partial charge in [0.1, 0.15) is 17.9 Å². The minimum absolute atomic E-state index is 0.152. The maximum Gasteiger partial charge on any atom is 0.245 e. The van der Waals surface area contributed by atoms with Gasteiger partial charge in [-0.05, 0) is 48.4 Å². The van der Waals surface area contributed by atoms with Crippen LogP contribution in [0.4, 0.5) is 5.82 Å². The molecule has 1 fully saturated rings. The standard InChI is InChI=1S/C25H29N5O4S/c1-2-35(33,34)29-22(18-7-4-3-5-8-18)25(32)30-14-6-9-21(30)24(31)28-16-17-10-11-20-19(15-17)12-13-27-23(20)26/h3-5,7-8,10-13,15,21-22,29H,2,6,9,14,16H2,1H3,(H2,26,27)(H,28,31)/t21-,22+/m0/s1. The number of nitrogens with zero attached hydrogens (tertiary/aromatic N) is 2. The Balaban J connectivity index is 1.49. The van der Waals surface area contributed by atoms with E-state index in [2.05, 4.69) is 15.0 Å². The van der Waals surface area contributed by atoms with Gasteiger partial charge in [0.15, 0.2) is 0 Å². The molecular weight excluding hydrogens is 466 g/mol. The molecule has 10 heteroatoms. The molecule has 2 heterocycles. The Morgan fingerprint density at radius 1 is 1.17 bits per heavy atom. The predicted molar refractivity (Wildman–Crippen MR) is 135 cm³/mol. The minimum Gasteiger partial charge on any atom is -0.383 e. The number of benzene rings is 2. The molecule has 35 heavy (non-hydrogen) atoms. The second kappa shape index (κ2) is 10.4. The molecule has 2 amide bonds. The zero-order valence-corrected chi connectivity index (χ0v) is 20.3. The van der Waals surface area contributed by atoms with Gasteiger partial charge in [0, 0.05) is 24.7 Å². The lowest BCUT2D eigenvalue weighted by molar-refractivity contribution is -0.139. The molecule has 1 saturated heterocycles. The highest BCUT2D eigenvalue weighted by Crippen LogP contribution is 2.25. The van der Waals surface area contributed by atoms with Crippen LogP contribution in [0.3, 0.4) is 0 Å². The lowest BCUT2D eigenvalue weighted by Gasteiger charge is -2.29. The molecule has 3 aromatic rings. The molecule has 0 radical (unpaired) electrons. The first-order valence-electron chi connectivity index (χ1n) is 11.6. The normalized spacial score (nSPS) is 16.8. The van der Waals surface area contributed by atoms with Crippen molar-refractivity contribution in [3.8, 4) is 0 Å². The van der Waals surface area contributed by atoms with E-state index in [1.54, 1.807) is 36.5 Å². The summed E-state index contributed by atoms with van der Waals surface area (Å²) in [6, 6.07) is 14.5. The molecule has 1 aliphatic heterocycles. The van der Waals surface area contributed by atoms with Crippen LogP contribution in [0.5, 0.6) is 0 Å². The maximum absolute atomic E-state index is 13.5. The maximum atomic E-state index is 13.5. The van der Waals surface area contributed by atoms with E-state index in [9.17, 15) is 18.0 Å². The van der Waals surface area contributed by atoms with Crippen LogP contribution in [0.15, 0.2) is 60.8 Å². The topological polar surface area (TPSA) is 134 Å². The number of hydrogen-bond donors (Lipinski definition) is 3. The number of carbonyl (C=O) groups excluding carboxylic acids is 2. The van der Waals surface area contributed by atoms with E-state index < -0.39 is 28.0 Å². The molecule has 4 rings (SSSR count). The molecule has 2 aromatic carbocycles. The van der Waals surface area contributed by atoms with Crippen molar-refractivity contribution in [1.82, 2.24) is 19.9 Å². The summed E-state index contributed by atoms with van der Waals surface area (Å²) < 4.78 is 27.1. The van der Waals surface area contributed by atoms with Crippen molar-refractivity contribution < 1.29 is 18.0 Å². The van der Waals surface area contributed by atoms with Crippen LogP contribution in [0, 0.1) is 0 Å². The average molecular weight is 496 g/mol. The highest BCUT2D eigenvalue weighted by Gasteiger charge is 2.38. The number of sulfonamides is 1. The molecule has 0 bridgehead atoms. The zero-order chi connectivity index (χ0) is 25.0. The first-order valence-corrected chi connectivity index (χ1v) is 13.2. The number of pyridine rings is 1. The van der Waals surface area contributed by atoms with Gasteiger partial charge in [-0.3, -0.25) is 9.59 Å². The first kappa shape index (κ1) is 24.6. The van der Waals surface area contributed by atoms with E-state index in [1.165, 1.54) is 11.8 Å². The van der Waals surface area contributed by atoms with Gasteiger partial charge in [-0.1, -0.05) is 42.5 Å². The summed E-state index contributed by atoms with van der Waals surface area (Å²) in [5, 5.41) is 4.70. The molecule has 0 unspecified atom stereocenters. The Morgan fingerprint density at radius 2 is 1.94 bits per heavy atom. The Hall–Kier alpha value is -3.50. The molecule has 2 atom stereocenters. The fourth-order valence-electron chi connectivity index (χ4n) is 4.31. The van der Waals surface area contributed by atoms with Crippen LogP contribution in [-0.4, -0.2) is 48.5 Å². The number of rotatable bonds is 8. The van der Waals surface area contributed by atoms with E-state index in [0.717, 1.165) is 16.3 Å². The smallest absolute Gasteiger partial charge is 0.245 e. The van der Waals surface area contributed by atoms with Gasteiger partial charge < -0.3 is 16.0 Å². The third-order valence-electron chi connectivity index (χ3n) is 6.22. The highest BCUT2D eigenvalue weighted by molar-refractivity contribution is 7.89. The predicted octanol–water partition coefficient (Wildman–Crippen LogP) is 2.10. The summed E-state index contributed by atoms with van der Waals surface area (Å²) in [6.45, 7) is 2.19. The second-order valence-electron chi connectivity index (χ2n) is 8.52. The second-order valence-corrected chi connectivity index (χ2v) is 10.6. The number of nitrogens with one attached hydrogen (secondary N) is 2. The highest BCUT2D eigenvalue weighted by atomic mass is 32.2. The van der Waals surface area contributed by atoms with E-state index in [-0.39, 0.29) is 11.7 Å². The number of likely N-dealkylation sites (tertiary alicyclic amines) is 1. The van der Waals surface area contributed by atoms with Crippen LogP contribution in [0.25, 0.3) is 10.8 Å². The number of aromatic nitrogens is 1. The third-order valence-corrected chi connectivity index (χ3v) is 7.58. The lowest BCUT2D eigenvalue weighted by atomic mass is 10.1. The number of anilines is 1. The lowest BCUT2D eigenvalue weighted by Crippen LogP contribution is -2.50. The van der Waals surface area contributed by atoms with Crippen LogP contribution < -0.4 is 15.8 Å². The number of amides is 2. The summed E-state index contributed by atoms with van der Waals surface area (Å²) in [5.41, 5.74) is 7.33. The van der Waals surface area contributed by atoms with Crippen molar-refractivity contribution in [3.05, 3.63) is 71.9 Å². The van der Waals surface area contributed by atoms with Crippen molar-refractivity contribution in [2.24, 2.45) is 0 Å². The third kappa shape index (κ3) is 5.60. The summed E-state index contributed by atoms with van der Waals surface area (Å²) in [5.74, 6) is -0.402. The Morgan fingerprint density at radius 3 is 2.69 bits per heavy atom. The molecule has 9 nitrogen and oxygen atoms in total. The van der Waals surface area contributed by atoms with Crippen molar-refractivity contribution >= 4 is 38.4 Å². The van der Waals surface area contributed by atoms with E-state index in [0.29, 0.717) is 37.3 Å². The molecule has 1 aliphatic rings. The SMILES string of the molecule is CCS(=O)(=O)N[C@@H](C(=O)N1CCC[C@H]1C(=O)NCc1ccc2c(N)nccc2c1)c1ccccc1. The average Bonchev–Trinajstić information content (AvgIpc) is 3.36.